The molecule has 0 bridgehead atoms. The van der Waals surface area contributed by atoms with Crippen LogP contribution in [0.1, 0.15) is 24.1 Å². The van der Waals surface area contributed by atoms with Crippen molar-refractivity contribution in [3.05, 3.63) is 89.9 Å². The molecule has 0 unspecified atom stereocenters. The molecule has 5 aromatic rings. The molecule has 10 heteroatoms. The topological polar surface area (TPSA) is 74.0 Å². The molecule has 2 N–H and O–H groups in total. The summed E-state index contributed by atoms with van der Waals surface area (Å²) < 4.78 is 60.8. The highest BCUT2D eigenvalue weighted by Gasteiger charge is 2.38. The van der Waals surface area contributed by atoms with E-state index in [1.807, 2.05) is 0 Å². The van der Waals surface area contributed by atoms with Gasteiger partial charge in [-0.15, -0.1) is 5.10 Å². The van der Waals surface area contributed by atoms with Crippen LogP contribution in [0.15, 0.2) is 67.1 Å². The number of pyridine rings is 1. The van der Waals surface area contributed by atoms with Gasteiger partial charge in [0.25, 0.3) is 5.92 Å². The Balaban J connectivity index is 1.58. The van der Waals surface area contributed by atoms with E-state index in [-0.39, 0.29) is 17.1 Å². The second-order valence-electron chi connectivity index (χ2n) is 8.38. The smallest absolute Gasteiger partial charge is 0.271 e. The minimum absolute atomic E-state index is 0.107. The standard InChI is InChI=1S/C25H20F4N6/c1-14-18(10-11-34-23(14)32-24(30)33-34)20-5-3-4-19(21(20)27)16-12-31-35(13-16)22(25(2,28)29)15-6-8-17(26)9-7-15/h3-13,22H,1-2H3,(H2,30,33)/t22-/m1/s1. The Hall–Kier alpha value is -4.21. The summed E-state index contributed by atoms with van der Waals surface area (Å²) in [5.41, 5.74) is 8.49. The molecule has 0 aliphatic carbocycles. The average Bonchev–Trinajstić information content (AvgIpc) is 3.42. The second kappa shape index (κ2) is 8.23. The number of nitrogens with two attached hydrogens (primary N) is 1. The molecule has 0 saturated heterocycles. The van der Waals surface area contributed by atoms with E-state index < -0.39 is 23.6 Å². The van der Waals surface area contributed by atoms with Gasteiger partial charge in [0, 0.05) is 41.6 Å². The van der Waals surface area contributed by atoms with Crippen LogP contribution in [0.4, 0.5) is 23.5 Å². The molecule has 6 nitrogen and oxygen atoms in total. The van der Waals surface area contributed by atoms with E-state index in [1.165, 1.54) is 29.0 Å². The first-order valence-electron chi connectivity index (χ1n) is 10.7. The van der Waals surface area contributed by atoms with Crippen molar-refractivity contribution in [3.63, 3.8) is 0 Å². The highest BCUT2D eigenvalue weighted by Crippen LogP contribution is 2.37. The zero-order valence-electron chi connectivity index (χ0n) is 18.8. The third kappa shape index (κ3) is 4.01. The summed E-state index contributed by atoms with van der Waals surface area (Å²) in [6, 6.07) is 9.89. The number of halogens is 4. The molecule has 0 aliphatic rings. The number of hydrogen-bond acceptors (Lipinski definition) is 4. The molecule has 35 heavy (non-hydrogen) atoms. The predicted octanol–water partition coefficient (Wildman–Crippen LogP) is 5.67. The largest absolute Gasteiger partial charge is 0.366 e. The first-order valence-corrected chi connectivity index (χ1v) is 10.7. The van der Waals surface area contributed by atoms with Crippen LogP contribution in [0.3, 0.4) is 0 Å². The van der Waals surface area contributed by atoms with E-state index in [1.54, 1.807) is 37.4 Å². The molecular weight excluding hydrogens is 460 g/mol. The maximum atomic E-state index is 15.7. The normalized spacial score (nSPS) is 12.9. The lowest BCUT2D eigenvalue weighted by atomic mass is 9.97. The Morgan fingerprint density at radius 2 is 1.69 bits per heavy atom. The van der Waals surface area contributed by atoms with E-state index in [0.29, 0.717) is 27.9 Å². The number of anilines is 1. The van der Waals surface area contributed by atoms with Crippen molar-refractivity contribution in [1.29, 1.82) is 0 Å². The molecule has 0 amide bonds. The summed E-state index contributed by atoms with van der Waals surface area (Å²) in [5.74, 6) is -4.17. The molecule has 0 spiro atoms. The average molecular weight is 480 g/mol. The Bertz CT molecular complexity index is 1530. The first kappa shape index (κ1) is 22.6. The quantitative estimate of drug-likeness (QED) is 0.329. The summed E-state index contributed by atoms with van der Waals surface area (Å²) in [5, 5.41) is 8.17. The van der Waals surface area contributed by atoms with Crippen LogP contribution in [0, 0.1) is 18.6 Å². The van der Waals surface area contributed by atoms with Gasteiger partial charge in [-0.3, -0.25) is 4.68 Å². The van der Waals surface area contributed by atoms with E-state index >= 15 is 4.39 Å². The number of nitrogen functional groups attached to an aromatic ring is 1. The molecule has 178 valence electrons. The summed E-state index contributed by atoms with van der Waals surface area (Å²) >= 11 is 0. The fraction of sp³-hybridized carbons (Fsp3) is 0.160. The number of benzene rings is 2. The van der Waals surface area contributed by atoms with Gasteiger partial charge in [0.2, 0.25) is 5.95 Å². The van der Waals surface area contributed by atoms with Gasteiger partial charge in [-0.1, -0.05) is 30.3 Å². The van der Waals surface area contributed by atoms with Gasteiger partial charge >= 0.3 is 0 Å². The van der Waals surface area contributed by atoms with Gasteiger partial charge in [-0.25, -0.2) is 22.1 Å². The highest BCUT2D eigenvalue weighted by atomic mass is 19.3. The Kier molecular flexibility index (Phi) is 5.31. The van der Waals surface area contributed by atoms with Crippen LogP contribution in [-0.4, -0.2) is 30.3 Å². The van der Waals surface area contributed by atoms with Crippen molar-refractivity contribution in [2.45, 2.75) is 25.8 Å². The summed E-state index contributed by atoms with van der Waals surface area (Å²) in [6.07, 6.45) is 4.34. The third-order valence-corrected chi connectivity index (χ3v) is 5.90. The highest BCUT2D eigenvalue weighted by molar-refractivity contribution is 5.78. The Morgan fingerprint density at radius 1 is 0.971 bits per heavy atom. The molecule has 2 aromatic carbocycles. The fourth-order valence-electron chi connectivity index (χ4n) is 4.29. The molecule has 0 saturated carbocycles. The molecule has 0 radical (unpaired) electrons. The van der Waals surface area contributed by atoms with Crippen molar-refractivity contribution in [2.75, 3.05) is 5.73 Å². The van der Waals surface area contributed by atoms with Crippen LogP contribution >= 0.6 is 0 Å². The molecule has 0 fully saturated rings. The third-order valence-electron chi connectivity index (χ3n) is 5.90. The maximum Gasteiger partial charge on any atom is 0.271 e. The summed E-state index contributed by atoms with van der Waals surface area (Å²) in [7, 11) is 0. The van der Waals surface area contributed by atoms with Gasteiger partial charge in [0.15, 0.2) is 5.65 Å². The predicted molar refractivity (Wildman–Crippen MR) is 124 cm³/mol. The molecule has 1 atom stereocenters. The number of aryl methyl sites for hydroxylation is 1. The van der Waals surface area contributed by atoms with Crippen LogP contribution in [0.5, 0.6) is 0 Å². The molecule has 5 rings (SSSR count). The van der Waals surface area contributed by atoms with Crippen molar-refractivity contribution >= 4 is 11.6 Å². The fourth-order valence-corrected chi connectivity index (χ4v) is 4.29. The lowest BCUT2D eigenvalue weighted by molar-refractivity contribution is -0.0217. The maximum absolute atomic E-state index is 15.7. The summed E-state index contributed by atoms with van der Waals surface area (Å²) in [6.45, 7) is 2.55. The van der Waals surface area contributed by atoms with Crippen LogP contribution in [0.2, 0.25) is 0 Å². The van der Waals surface area contributed by atoms with Crippen LogP contribution in [-0.2, 0) is 0 Å². The molecule has 0 aliphatic heterocycles. The lowest BCUT2D eigenvalue weighted by Gasteiger charge is -2.24. The molecular formula is C25H20F4N6. The zero-order chi connectivity index (χ0) is 24.9. The zero-order valence-corrected chi connectivity index (χ0v) is 18.8. The minimum Gasteiger partial charge on any atom is -0.366 e. The van der Waals surface area contributed by atoms with E-state index in [9.17, 15) is 13.2 Å². The Morgan fingerprint density at radius 3 is 2.40 bits per heavy atom. The number of hydrogen-bond donors (Lipinski definition) is 1. The monoisotopic (exact) mass is 480 g/mol. The lowest BCUT2D eigenvalue weighted by Crippen LogP contribution is -2.29. The van der Waals surface area contributed by atoms with E-state index in [4.69, 9.17) is 5.73 Å². The van der Waals surface area contributed by atoms with Crippen molar-refractivity contribution < 1.29 is 17.6 Å². The number of nitrogens with zero attached hydrogens (tertiary/aromatic N) is 5. The van der Waals surface area contributed by atoms with Crippen molar-refractivity contribution in [3.8, 4) is 22.3 Å². The first-order chi connectivity index (χ1) is 16.6. The molecule has 3 aromatic heterocycles. The van der Waals surface area contributed by atoms with Crippen molar-refractivity contribution in [1.82, 2.24) is 24.4 Å². The Labute approximate surface area is 197 Å². The molecule has 3 heterocycles. The van der Waals surface area contributed by atoms with E-state index in [0.717, 1.165) is 23.7 Å². The van der Waals surface area contributed by atoms with E-state index in [2.05, 4.69) is 15.2 Å². The number of rotatable bonds is 5. The second-order valence-corrected chi connectivity index (χ2v) is 8.38. The van der Waals surface area contributed by atoms with Gasteiger partial charge in [-0.2, -0.15) is 10.1 Å². The van der Waals surface area contributed by atoms with Crippen LogP contribution < -0.4 is 5.73 Å². The SMILES string of the molecule is Cc1c(-c2cccc(-c3cnn([C@H](c4ccc(F)cc4)C(C)(F)F)c3)c2F)ccn2nc(N)nc12. The van der Waals surface area contributed by atoms with Gasteiger partial charge < -0.3 is 5.73 Å². The summed E-state index contributed by atoms with van der Waals surface area (Å²) in [4.78, 5) is 4.19. The van der Waals surface area contributed by atoms with Gasteiger partial charge in [0.05, 0.1) is 6.20 Å². The minimum atomic E-state index is -3.21. The van der Waals surface area contributed by atoms with Crippen LogP contribution in [0.25, 0.3) is 27.9 Å². The number of fused-ring (bicyclic) bond motifs is 1. The van der Waals surface area contributed by atoms with Crippen molar-refractivity contribution in [2.24, 2.45) is 0 Å². The number of aromatic nitrogens is 5. The van der Waals surface area contributed by atoms with Gasteiger partial charge in [0.1, 0.15) is 17.7 Å². The van der Waals surface area contributed by atoms with Gasteiger partial charge in [-0.05, 0) is 36.2 Å². The number of alkyl halides is 2.